The maximum Gasteiger partial charge on any atom is 0.138 e. The summed E-state index contributed by atoms with van der Waals surface area (Å²) in [6, 6.07) is 10.8. The van der Waals surface area contributed by atoms with E-state index in [1.165, 1.54) is 5.56 Å². The van der Waals surface area contributed by atoms with Crippen molar-refractivity contribution in [3.63, 3.8) is 0 Å². The molecule has 0 saturated carbocycles. The maximum atomic E-state index is 4.43. The third-order valence-corrected chi connectivity index (χ3v) is 4.25. The van der Waals surface area contributed by atoms with Gasteiger partial charge in [-0.05, 0) is 24.9 Å². The third-order valence-electron chi connectivity index (χ3n) is 4.25. The Labute approximate surface area is 127 Å². The van der Waals surface area contributed by atoms with E-state index in [0.717, 1.165) is 38.2 Å². The fraction of sp³-hybridized carbons (Fsp3) is 0.529. The molecule has 1 unspecified atom stereocenters. The minimum atomic E-state index is 0.0667. The molecule has 0 fully saturated rings. The van der Waals surface area contributed by atoms with Crippen molar-refractivity contribution in [1.29, 1.82) is 0 Å². The SMILES string of the molecule is CCCNCC(CC)(Cc1ncnn1C)c1ccccc1. The molecule has 0 aliphatic heterocycles. The Bertz CT molecular complexity index is 535. The van der Waals surface area contributed by atoms with Crippen LogP contribution in [0, 0.1) is 0 Å². The molecule has 1 N–H and O–H groups in total. The minimum Gasteiger partial charge on any atom is -0.316 e. The average molecular weight is 286 g/mol. The van der Waals surface area contributed by atoms with E-state index in [1.54, 1.807) is 6.33 Å². The average Bonchev–Trinajstić information content (AvgIpc) is 2.92. The normalized spacial score (nSPS) is 14.0. The number of hydrogen-bond donors (Lipinski definition) is 1. The molecule has 1 atom stereocenters. The number of aromatic nitrogens is 3. The monoisotopic (exact) mass is 286 g/mol. The standard InChI is InChI=1S/C17H26N4/c1-4-11-18-13-17(5-2,15-9-7-6-8-10-15)12-16-19-14-20-21(16)3/h6-10,14,18H,4-5,11-13H2,1-3H3. The van der Waals surface area contributed by atoms with Gasteiger partial charge in [0.1, 0.15) is 12.2 Å². The van der Waals surface area contributed by atoms with Gasteiger partial charge < -0.3 is 5.32 Å². The summed E-state index contributed by atoms with van der Waals surface area (Å²) in [5.74, 6) is 1.04. The van der Waals surface area contributed by atoms with Gasteiger partial charge in [-0.1, -0.05) is 44.2 Å². The van der Waals surface area contributed by atoms with Gasteiger partial charge in [-0.3, -0.25) is 4.68 Å². The van der Waals surface area contributed by atoms with Crippen LogP contribution in [0.3, 0.4) is 0 Å². The fourth-order valence-electron chi connectivity index (χ4n) is 2.80. The van der Waals surface area contributed by atoms with Crippen LogP contribution < -0.4 is 5.32 Å². The summed E-state index contributed by atoms with van der Waals surface area (Å²) in [7, 11) is 1.97. The van der Waals surface area contributed by atoms with Gasteiger partial charge >= 0.3 is 0 Å². The molecule has 4 heteroatoms. The van der Waals surface area contributed by atoms with Gasteiger partial charge in [-0.2, -0.15) is 5.10 Å². The zero-order chi connectivity index (χ0) is 15.1. The second kappa shape index (κ2) is 7.36. The van der Waals surface area contributed by atoms with E-state index in [1.807, 2.05) is 11.7 Å². The highest BCUT2D eigenvalue weighted by molar-refractivity contribution is 5.27. The molecule has 4 nitrogen and oxygen atoms in total. The highest BCUT2D eigenvalue weighted by Gasteiger charge is 2.31. The molecular formula is C17H26N4. The summed E-state index contributed by atoms with van der Waals surface area (Å²) in [6.07, 6.45) is 4.76. The van der Waals surface area contributed by atoms with Crippen LogP contribution in [0.2, 0.25) is 0 Å². The molecule has 0 radical (unpaired) electrons. The Morgan fingerprint density at radius 3 is 2.52 bits per heavy atom. The Balaban J connectivity index is 2.29. The largest absolute Gasteiger partial charge is 0.316 e. The lowest BCUT2D eigenvalue weighted by Gasteiger charge is -2.33. The van der Waals surface area contributed by atoms with Gasteiger partial charge in [-0.15, -0.1) is 0 Å². The predicted molar refractivity (Wildman–Crippen MR) is 86.3 cm³/mol. The van der Waals surface area contributed by atoms with Gasteiger partial charge in [0, 0.05) is 25.4 Å². The first-order valence-electron chi connectivity index (χ1n) is 7.81. The van der Waals surface area contributed by atoms with Gasteiger partial charge in [0.15, 0.2) is 0 Å². The number of benzene rings is 1. The number of aryl methyl sites for hydroxylation is 1. The first-order chi connectivity index (χ1) is 10.2. The summed E-state index contributed by atoms with van der Waals surface area (Å²) in [6.45, 7) is 6.48. The number of hydrogen-bond acceptors (Lipinski definition) is 3. The Morgan fingerprint density at radius 2 is 1.95 bits per heavy atom. The molecule has 21 heavy (non-hydrogen) atoms. The van der Waals surface area contributed by atoms with E-state index < -0.39 is 0 Å². The molecule has 0 aliphatic rings. The second-order valence-electron chi connectivity index (χ2n) is 5.65. The molecule has 1 heterocycles. The smallest absolute Gasteiger partial charge is 0.138 e. The topological polar surface area (TPSA) is 42.7 Å². The van der Waals surface area contributed by atoms with Gasteiger partial charge in [0.25, 0.3) is 0 Å². The van der Waals surface area contributed by atoms with Gasteiger partial charge in [-0.25, -0.2) is 4.98 Å². The number of rotatable bonds is 8. The first kappa shape index (κ1) is 15.7. The highest BCUT2D eigenvalue weighted by atomic mass is 15.3. The number of nitrogens with one attached hydrogen (secondary N) is 1. The van der Waals surface area contributed by atoms with E-state index >= 15 is 0 Å². The molecule has 114 valence electrons. The zero-order valence-corrected chi connectivity index (χ0v) is 13.3. The lowest BCUT2D eigenvalue weighted by Crippen LogP contribution is -2.40. The summed E-state index contributed by atoms with van der Waals surface area (Å²) in [5.41, 5.74) is 1.44. The van der Waals surface area contributed by atoms with E-state index in [4.69, 9.17) is 0 Å². The van der Waals surface area contributed by atoms with Crippen molar-refractivity contribution in [3.05, 3.63) is 48.0 Å². The minimum absolute atomic E-state index is 0.0667. The summed E-state index contributed by atoms with van der Waals surface area (Å²) in [4.78, 5) is 4.43. The lowest BCUT2D eigenvalue weighted by molar-refractivity contribution is 0.366. The summed E-state index contributed by atoms with van der Waals surface area (Å²) in [5, 5.41) is 7.81. The highest BCUT2D eigenvalue weighted by Crippen LogP contribution is 2.31. The molecule has 0 bridgehead atoms. The van der Waals surface area contributed by atoms with Crippen molar-refractivity contribution >= 4 is 0 Å². The van der Waals surface area contributed by atoms with Crippen molar-refractivity contribution in [2.75, 3.05) is 13.1 Å². The van der Waals surface area contributed by atoms with Gasteiger partial charge in [0.2, 0.25) is 0 Å². The third kappa shape index (κ3) is 3.70. The second-order valence-corrected chi connectivity index (χ2v) is 5.65. The van der Waals surface area contributed by atoms with Crippen molar-refractivity contribution in [3.8, 4) is 0 Å². The van der Waals surface area contributed by atoms with Crippen LogP contribution in [0.1, 0.15) is 38.1 Å². The van der Waals surface area contributed by atoms with Crippen LogP contribution in [0.15, 0.2) is 36.7 Å². The quantitative estimate of drug-likeness (QED) is 0.759. The molecule has 0 spiro atoms. The number of nitrogens with zero attached hydrogens (tertiary/aromatic N) is 3. The molecule has 1 aromatic carbocycles. The van der Waals surface area contributed by atoms with E-state index in [0.29, 0.717) is 0 Å². The van der Waals surface area contributed by atoms with Crippen LogP contribution in [0.4, 0.5) is 0 Å². The predicted octanol–water partition coefficient (Wildman–Crippen LogP) is 2.71. The van der Waals surface area contributed by atoms with Crippen LogP contribution in [-0.4, -0.2) is 27.9 Å². The first-order valence-corrected chi connectivity index (χ1v) is 7.81. The van der Waals surface area contributed by atoms with E-state index in [-0.39, 0.29) is 5.41 Å². The lowest BCUT2D eigenvalue weighted by atomic mass is 9.75. The van der Waals surface area contributed by atoms with E-state index in [2.05, 4.69) is 59.6 Å². The van der Waals surface area contributed by atoms with Crippen molar-refractivity contribution in [2.45, 2.75) is 38.5 Å². The molecule has 0 aliphatic carbocycles. The van der Waals surface area contributed by atoms with Crippen LogP contribution in [0.25, 0.3) is 0 Å². The molecule has 0 saturated heterocycles. The molecule has 0 amide bonds. The molecule has 1 aromatic heterocycles. The molecule has 2 rings (SSSR count). The van der Waals surface area contributed by atoms with Crippen molar-refractivity contribution in [2.24, 2.45) is 7.05 Å². The van der Waals surface area contributed by atoms with Gasteiger partial charge in [0.05, 0.1) is 0 Å². The fourth-order valence-corrected chi connectivity index (χ4v) is 2.80. The summed E-state index contributed by atoms with van der Waals surface area (Å²) >= 11 is 0. The van der Waals surface area contributed by atoms with Crippen LogP contribution in [-0.2, 0) is 18.9 Å². The summed E-state index contributed by atoms with van der Waals surface area (Å²) < 4.78 is 1.88. The molecule has 2 aromatic rings. The molecular weight excluding hydrogens is 260 g/mol. The van der Waals surface area contributed by atoms with Crippen molar-refractivity contribution < 1.29 is 0 Å². The van der Waals surface area contributed by atoms with Crippen LogP contribution >= 0.6 is 0 Å². The van der Waals surface area contributed by atoms with Crippen molar-refractivity contribution in [1.82, 2.24) is 20.1 Å². The van der Waals surface area contributed by atoms with E-state index in [9.17, 15) is 0 Å². The Morgan fingerprint density at radius 1 is 1.19 bits per heavy atom. The maximum absolute atomic E-state index is 4.43. The van der Waals surface area contributed by atoms with Crippen LogP contribution in [0.5, 0.6) is 0 Å². The Hall–Kier alpha value is -1.68. The zero-order valence-electron chi connectivity index (χ0n) is 13.3. The Kier molecular flexibility index (Phi) is 5.51.